The van der Waals surface area contributed by atoms with Crippen LogP contribution in [0.5, 0.6) is 0 Å². The number of morpholine rings is 1. The fraction of sp³-hybridized carbons (Fsp3) is 0.619. The van der Waals surface area contributed by atoms with Crippen LogP contribution in [0, 0.1) is 0 Å². The summed E-state index contributed by atoms with van der Waals surface area (Å²) in [6, 6.07) is 7.58. The Morgan fingerprint density at radius 2 is 1.78 bits per heavy atom. The zero-order valence-corrected chi connectivity index (χ0v) is 17.4. The molecule has 0 radical (unpaired) electrons. The first-order valence-corrected chi connectivity index (χ1v) is 10.8. The van der Waals surface area contributed by atoms with Gasteiger partial charge in [-0.25, -0.2) is 4.79 Å². The molecule has 4 aliphatic heterocycles. The molecule has 1 aromatic carbocycles. The van der Waals surface area contributed by atoms with Crippen molar-refractivity contribution in [3.63, 3.8) is 0 Å². The van der Waals surface area contributed by atoms with Crippen molar-refractivity contribution in [2.24, 2.45) is 0 Å². The number of hydrogen-bond donors (Lipinski definition) is 1. The third-order valence-electron chi connectivity index (χ3n) is 6.62. The molecule has 174 valence electrons. The molecule has 4 heterocycles. The summed E-state index contributed by atoms with van der Waals surface area (Å²) < 4.78 is 46.3. The Labute approximate surface area is 183 Å². The largest absolute Gasteiger partial charge is 0.522 e. The van der Waals surface area contributed by atoms with Crippen molar-refractivity contribution in [3.05, 3.63) is 29.8 Å². The van der Waals surface area contributed by atoms with E-state index in [9.17, 15) is 22.8 Å². The number of carbonyl (C=O) groups excluding carboxylic acids is 2. The summed E-state index contributed by atoms with van der Waals surface area (Å²) in [5, 5.41) is 2.91. The van der Waals surface area contributed by atoms with Crippen LogP contribution in [0.2, 0.25) is 0 Å². The van der Waals surface area contributed by atoms with Gasteiger partial charge in [-0.05, 0) is 24.1 Å². The van der Waals surface area contributed by atoms with E-state index in [1.807, 2.05) is 29.2 Å². The molecule has 4 fully saturated rings. The number of hydrogen-bond acceptors (Lipinski definition) is 5. The lowest BCUT2D eigenvalue weighted by Crippen LogP contribution is -2.63. The first-order valence-electron chi connectivity index (χ1n) is 10.8. The van der Waals surface area contributed by atoms with Crippen molar-refractivity contribution < 1.29 is 32.2 Å². The van der Waals surface area contributed by atoms with Gasteiger partial charge in [0.25, 0.3) is 0 Å². The van der Waals surface area contributed by atoms with E-state index in [0.29, 0.717) is 32.6 Å². The molecule has 8 nitrogen and oxygen atoms in total. The molecular weight excluding hydrogens is 429 g/mol. The fourth-order valence-electron chi connectivity index (χ4n) is 4.79. The average molecular weight is 454 g/mol. The number of halogens is 3. The number of likely N-dealkylation sites (tertiary alicyclic amines) is 2. The van der Waals surface area contributed by atoms with Crippen LogP contribution in [0.1, 0.15) is 17.9 Å². The third kappa shape index (κ3) is 4.36. The van der Waals surface area contributed by atoms with Gasteiger partial charge in [-0.3, -0.25) is 9.53 Å². The quantitative estimate of drug-likeness (QED) is 0.750. The van der Waals surface area contributed by atoms with Crippen molar-refractivity contribution in [1.29, 1.82) is 0 Å². The van der Waals surface area contributed by atoms with Gasteiger partial charge in [0.15, 0.2) is 0 Å². The monoisotopic (exact) mass is 454 g/mol. The minimum atomic E-state index is -4.60. The summed E-state index contributed by atoms with van der Waals surface area (Å²) >= 11 is 0. The van der Waals surface area contributed by atoms with Crippen LogP contribution in [0.4, 0.5) is 23.7 Å². The molecule has 2 unspecified atom stereocenters. The van der Waals surface area contributed by atoms with Gasteiger partial charge in [-0.15, -0.1) is 13.2 Å². The molecule has 5 rings (SSSR count). The smallest absolute Gasteiger partial charge is 0.366 e. The summed E-state index contributed by atoms with van der Waals surface area (Å²) in [6.45, 7) is 2.83. The van der Waals surface area contributed by atoms with E-state index in [1.165, 1.54) is 0 Å². The number of nitrogens with zero attached hydrogens (tertiary/aromatic N) is 3. The summed E-state index contributed by atoms with van der Waals surface area (Å²) in [5.41, 5.74) is 1.97. The predicted octanol–water partition coefficient (Wildman–Crippen LogP) is 1.52. The number of nitrogens with one attached hydrogen (secondary N) is 1. The normalized spacial score (nSPS) is 26.8. The van der Waals surface area contributed by atoms with Gasteiger partial charge in [0.05, 0.1) is 12.1 Å². The Morgan fingerprint density at radius 3 is 2.47 bits per heavy atom. The van der Waals surface area contributed by atoms with Gasteiger partial charge in [-0.1, -0.05) is 12.1 Å². The fourth-order valence-corrected chi connectivity index (χ4v) is 4.79. The molecule has 11 heteroatoms. The number of alkyl halides is 3. The number of rotatable bonds is 3. The zero-order chi connectivity index (χ0) is 22.5. The van der Waals surface area contributed by atoms with Crippen LogP contribution in [0.25, 0.3) is 0 Å². The molecule has 4 saturated heterocycles. The molecule has 0 saturated carbocycles. The highest BCUT2D eigenvalue weighted by molar-refractivity contribution is 5.79. The lowest BCUT2D eigenvalue weighted by molar-refractivity contribution is -0.344. The van der Waals surface area contributed by atoms with E-state index < -0.39 is 12.5 Å². The third-order valence-corrected chi connectivity index (χ3v) is 6.62. The van der Waals surface area contributed by atoms with Crippen LogP contribution in [0.3, 0.4) is 0 Å². The Morgan fingerprint density at radius 1 is 1.06 bits per heavy atom. The number of carbonyl (C=O) groups is 2. The SMILES string of the molecule is O=C1COC2CCN(C(=O)N3CC(c4ccc(N5CC(OC(F)(F)F)C5)cc4)C3)CC2N1. The topological polar surface area (TPSA) is 74.4 Å². The minimum Gasteiger partial charge on any atom is -0.366 e. The van der Waals surface area contributed by atoms with Crippen molar-refractivity contribution in [2.75, 3.05) is 50.8 Å². The molecular formula is C21H25F3N4O4. The first-order chi connectivity index (χ1) is 15.2. The maximum absolute atomic E-state index is 12.8. The number of benzene rings is 1. The Hall–Kier alpha value is -2.53. The molecule has 3 amide bonds. The molecule has 2 atom stereocenters. The van der Waals surface area contributed by atoms with Crippen LogP contribution >= 0.6 is 0 Å². The molecule has 32 heavy (non-hydrogen) atoms. The number of urea groups is 1. The minimum absolute atomic E-state index is 0.0209. The number of piperidine rings is 1. The summed E-state index contributed by atoms with van der Waals surface area (Å²) in [4.78, 5) is 29.8. The van der Waals surface area contributed by atoms with Crippen molar-refractivity contribution in [2.45, 2.75) is 37.0 Å². The second kappa shape index (κ2) is 8.11. The molecule has 0 spiro atoms. The van der Waals surface area contributed by atoms with Crippen LogP contribution in [-0.4, -0.2) is 92.2 Å². The lowest BCUT2D eigenvalue weighted by atomic mass is 9.91. The lowest BCUT2D eigenvalue weighted by Gasteiger charge is -2.46. The number of anilines is 1. The van der Waals surface area contributed by atoms with Gasteiger partial charge < -0.3 is 24.8 Å². The molecule has 1 aromatic rings. The van der Waals surface area contributed by atoms with Gasteiger partial charge in [0.2, 0.25) is 5.91 Å². The molecule has 4 aliphatic rings. The van der Waals surface area contributed by atoms with E-state index >= 15 is 0 Å². The Kier molecular flexibility index (Phi) is 5.40. The van der Waals surface area contributed by atoms with Crippen LogP contribution in [-0.2, 0) is 14.3 Å². The standard InChI is InChI=1S/C21H25F3N4O4/c22-21(23,24)32-16-9-27(10-16)15-3-1-13(2-4-15)14-7-28(8-14)20(30)26-6-5-18-17(11-26)25-19(29)12-31-18/h1-4,14,16-18H,5-12H2,(H,25,29). The molecule has 0 aliphatic carbocycles. The van der Waals surface area contributed by atoms with Gasteiger partial charge in [-0.2, -0.15) is 0 Å². The highest BCUT2D eigenvalue weighted by Gasteiger charge is 2.41. The van der Waals surface area contributed by atoms with Crippen molar-refractivity contribution in [3.8, 4) is 0 Å². The van der Waals surface area contributed by atoms with Gasteiger partial charge in [0.1, 0.15) is 12.7 Å². The molecule has 0 bridgehead atoms. The van der Waals surface area contributed by atoms with Gasteiger partial charge >= 0.3 is 12.4 Å². The van der Waals surface area contributed by atoms with E-state index in [-0.39, 0.29) is 49.7 Å². The Bertz CT molecular complexity index is 869. The number of amides is 3. The van der Waals surface area contributed by atoms with Gasteiger partial charge in [0, 0.05) is 50.9 Å². The van der Waals surface area contributed by atoms with E-state index in [1.54, 1.807) is 9.80 Å². The average Bonchev–Trinajstić information content (AvgIpc) is 2.68. The number of ether oxygens (including phenoxy) is 2. The van der Waals surface area contributed by atoms with Crippen LogP contribution in [0.15, 0.2) is 24.3 Å². The Balaban J connectivity index is 1.09. The zero-order valence-electron chi connectivity index (χ0n) is 17.4. The second-order valence-electron chi connectivity index (χ2n) is 8.82. The molecule has 0 aromatic heterocycles. The van der Waals surface area contributed by atoms with E-state index in [0.717, 1.165) is 11.3 Å². The predicted molar refractivity (Wildman–Crippen MR) is 107 cm³/mol. The molecule has 1 N–H and O–H groups in total. The van der Waals surface area contributed by atoms with Crippen LogP contribution < -0.4 is 10.2 Å². The van der Waals surface area contributed by atoms with Crippen molar-refractivity contribution >= 4 is 17.6 Å². The van der Waals surface area contributed by atoms with E-state index in [2.05, 4.69) is 10.1 Å². The maximum Gasteiger partial charge on any atom is 0.522 e. The summed E-state index contributed by atoms with van der Waals surface area (Å²) in [7, 11) is 0. The highest BCUT2D eigenvalue weighted by atomic mass is 19.4. The van der Waals surface area contributed by atoms with Crippen molar-refractivity contribution in [1.82, 2.24) is 15.1 Å². The van der Waals surface area contributed by atoms with E-state index in [4.69, 9.17) is 4.74 Å². The highest BCUT2D eigenvalue weighted by Crippen LogP contribution is 2.32. The first kappa shape index (κ1) is 21.3. The number of fused-ring (bicyclic) bond motifs is 1. The summed E-state index contributed by atoms with van der Waals surface area (Å²) in [6.07, 6.45) is -4.73. The second-order valence-corrected chi connectivity index (χ2v) is 8.82. The summed E-state index contributed by atoms with van der Waals surface area (Å²) in [5.74, 6) is 0.0931. The maximum atomic E-state index is 12.8.